The van der Waals surface area contributed by atoms with Gasteiger partial charge in [-0.3, -0.25) is 4.90 Å². The van der Waals surface area contributed by atoms with Crippen LogP contribution in [0.1, 0.15) is 25.7 Å². The molecule has 0 aromatic rings. The molecule has 2 N–H and O–H groups in total. The quantitative estimate of drug-likeness (QED) is 0.628. The molecule has 0 radical (unpaired) electrons. The number of aliphatic hydroxyl groups is 1. The van der Waals surface area contributed by atoms with E-state index in [-0.39, 0.29) is 6.10 Å². The van der Waals surface area contributed by atoms with Crippen LogP contribution < -0.4 is 5.32 Å². The van der Waals surface area contributed by atoms with Crippen LogP contribution in [0.15, 0.2) is 0 Å². The Kier molecular flexibility index (Phi) is 2.08. The van der Waals surface area contributed by atoms with Crippen LogP contribution in [-0.4, -0.2) is 48.3 Å². The van der Waals surface area contributed by atoms with Crippen LogP contribution in [0.5, 0.6) is 0 Å². The van der Waals surface area contributed by atoms with Gasteiger partial charge in [0.2, 0.25) is 0 Å². The van der Waals surface area contributed by atoms with Gasteiger partial charge in [-0.2, -0.15) is 0 Å². The highest BCUT2D eigenvalue weighted by Crippen LogP contribution is 2.39. The van der Waals surface area contributed by atoms with Crippen LogP contribution in [0, 0.1) is 5.41 Å². The van der Waals surface area contributed by atoms with Gasteiger partial charge >= 0.3 is 0 Å². The maximum Gasteiger partial charge on any atom is 0.0570 e. The van der Waals surface area contributed by atoms with Gasteiger partial charge in [0.15, 0.2) is 0 Å². The second-order valence-corrected chi connectivity index (χ2v) is 5.43. The Bertz CT molecular complexity index is 219. The molecule has 80 valence electrons. The zero-order valence-electron chi connectivity index (χ0n) is 8.71. The van der Waals surface area contributed by atoms with Crippen LogP contribution in [0.4, 0.5) is 0 Å². The van der Waals surface area contributed by atoms with Crippen molar-refractivity contribution in [2.45, 2.75) is 37.8 Å². The summed E-state index contributed by atoms with van der Waals surface area (Å²) in [6.07, 6.45) is 4.76. The smallest absolute Gasteiger partial charge is 0.0570 e. The van der Waals surface area contributed by atoms with Crippen molar-refractivity contribution < 1.29 is 5.11 Å². The summed E-state index contributed by atoms with van der Waals surface area (Å²) in [7, 11) is 0. The molecule has 0 bridgehead atoms. The van der Waals surface area contributed by atoms with Gasteiger partial charge in [0, 0.05) is 19.1 Å². The molecule has 3 heteroatoms. The molecule has 2 heterocycles. The number of likely N-dealkylation sites (tertiary alicyclic amines) is 1. The van der Waals surface area contributed by atoms with Crippen LogP contribution in [0.2, 0.25) is 0 Å². The van der Waals surface area contributed by atoms with Gasteiger partial charge in [0.05, 0.1) is 6.10 Å². The molecule has 1 aliphatic carbocycles. The first-order valence-electron chi connectivity index (χ1n) is 5.90. The molecule has 0 aromatic heterocycles. The Morgan fingerprint density at radius 1 is 1.29 bits per heavy atom. The van der Waals surface area contributed by atoms with Gasteiger partial charge in [0.1, 0.15) is 0 Å². The summed E-state index contributed by atoms with van der Waals surface area (Å²) in [6, 6.07) is 0.699. The topological polar surface area (TPSA) is 35.5 Å². The molecule has 3 fully saturated rings. The molecule has 2 saturated heterocycles. The van der Waals surface area contributed by atoms with Crippen molar-refractivity contribution in [1.29, 1.82) is 0 Å². The predicted molar refractivity (Wildman–Crippen MR) is 55.1 cm³/mol. The van der Waals surface area contributed by atoms with Crippen molar-refractivity contribution in [1.82, 2.24) is 10.2 Å². The molecule has 1 unspecified atom stereocenters. The number of aliphatic hydroxyl groups excluding tert-OH is 1. The number of hydrogen-bond donors (Lipinski definition) is 2. The minimum atomic E-state index is -0.00162. The van der Waals surface area contributed by atoms with E-state index in [4.69, 9.17) is 0 Å². The third-order valence-corrected chi connectivity index (χ3v) is 4.40. The average Bonchev–Trinajstić information content (AvgIpc) is 2.72. The Labute approximate surface area is 85.5 Å². The number of hydrogen-bond acceptors (Lipinski definition) is 3. The van der Waals surface area contributed by atoms with Crippen LogP contribution >= 0.6 is 0 Å². The highest BCUT2D eigenvalue weighted by Gasteiger charge is 2.44. The second kappa shape index (κ2) is 3.19. The summed E-state index contributed by atoms with van der Waals surface area (Å²) in [5, 5.41) is 12.8. The fourth-order valence-electron chi connectivity index (χ4n) is 3.28. The Morgan fingerprint density at radius 2 is 2.14 bits per heavy atom. The van der Waals surface area contributed by atoms with Gasteiger partial charge in [-0.1, -0.05) is 0 Å². The van der Waals surface area contributed by atoms with Crippen molar-refractivity contribution in [3.8, 4) is 0 Å². The van der Waals surface area contributed by atoms with E-state index in [0.29, 0.717) is 11.5 Å². The fourth-order valence-corrected chi connectivity index (χ4v) is 3.28. The van der Waals surface area contributed by atoms with E-state index in [9.17, 15) is 5.11 Å². The molecule has 3 aliphatic rings. The lowest BCUT2D eigenvalue weighted by Gasteiger charge is -2.39. The summed E-state index contributed by atoms with van der Waals surface area (Å²) in [4.78, 5) is 2.61. The molecule has 1 spiro atoms. The zero-order valence-corrected chi connectivity index (χ0v) is 8.71. The lowest BCUT2D eigenvalue weighted by atomic mass is 9.85. The molecule has 1 saturated carbocycles. The predicted octanol–water partition coefficient (Wildman–Crippen LogP) is 0.195. The highest BCUT2D eigenvalue weighted by atomic mass is 16.3. The van der Waals surface area contributed by atoms with Gasteiger partial charge in [-0.25, -0.2) is 0 Å². The van der Waals surface area contributed by atoms with Crippen LogP contribution in [0.25, 0.3) is 0 Å². The van der Waals surface area contributed by atoms with E-state index in [2.05, 4.69) is 10.2 Å². The Balaban J connectivity index is 1.59. The summed E-state index contributed by atoms with van der Waals surface area (Å²) in [6.45, 7) is 4.97. The fraction of sp³-hybridized carbons (Fsp3) is 1.00. The van der Waals surface area contributed by atoms with Gasteiger partial charge in [-0.05, 0) is 44.2 Å². The third-order valence-electron chi connectivity index (χ3n) is 4.40. The summed E-state index contributed by atoms with van der Waals surface area (Å²) < 4.78 is 0. The average molecular weight is 196 g/mol. The van der Waals surface area contributed by atoms with Gasteiger partial charge in [-0.15, -0.1) is 0 Å². The summed E-state index contributed by atoms with van der Waals surface area (Å²) in [5.74, 6) is 0. The summed E-state index contributed by atoms with van der Waals surface area (Å²) >= 11 is 0. The van der Waals surface area contributed by atoms with E-state index < -0.39 is 0 Å². The first-order valence-corrected chi connectivity index (χ1v) is 5.90. The zero-order chi connectivity index (χ0) is 9.60. The molecule has 2 aliphatic heterocycles. The van der Waals surface area contributed by atoms with E-state index in [1.54, 1.807) is 0 Å². The largest absolute Gasteiger partial charge is 0.393 e. The molecule has 3 rings (SSSR count). The second-order valence-electron chi connectivity index (χ2n) is 5.43. The Hall–Kier alpha value is -0.120. The maximum absolute atomic E-state index is 9.30. The van der Waals surface area contributed by atoms with E-state index in [0.717, 1.165) is 12.8 Å². The first kappa shape index (κ1) is 9.13. The van der Waals surface area contributed by atoms with Crippen molar-refractivity contribution in [3.05, 3.63) is 0 Å². The number of rotatable bonds is 1. The maximum atomic E-state index is 9.30. The van der Waals surface area contributed by atoms with Gasteiger partial charge in [0.25, 0.3) is 0 Å². The number of nitrogens with zero attached hydrogens (tertiary/aromatic N) is 1. The molecule has 14 heavy (non-hydrogen) atoms. The molecular weight excluding hydrogens is 176 g/mol. The van der Waals surface area contributed by atoms with E-state index >= 15 is 0 Å². The van der Waals surface area contributed by atoms with E-state index in [1.807, 2.05) is 0 Å². The molecule has 0 amide bonds. The lowest BCUT2D eigenvalue weighted by molar-refractivity contribution is 0.00740. The monoisotopic (exact) mass is 196 g/mol. The first-order chi connectivity index (χ1) is 6.77. The van der Waals surface area contributed by atoms with Crippen molar-refractivity contribution >= 4 is 0 Å². The Morgan fingerprint density at radius 3 is 2.79 bits per heavy atom. The normalized spacial score (nSPS) is 48.6. The third kappa shape index (κ3) is 1.38. The van der Waals surface area contributed by atoms with E-state index in [1.165, 1.54) is 39.0 Å². The van der Waals surface area contributed by atoms with Gasteiger partial charge < -0.3 is 10.4 Å². The molecule has 1 atom stereocenters. The lowest BCUT2D eigenvalue weighted by Crippen LogP contribution is -2.47. The summed E-state index contributed by atoms with van der Waals surface area (Å²) in [5.41, 5.74) is 0.598. The molecule has 0 aromatic carbocycles. The molecule has 3 nitrogen and oxygen atoms in total. The molecular formula is C11H20N2O. The SMILES string of the molecule is OC1CC(N2CCC3(CCNC3)C2)C1. The van der Waals surface area contributed by atoms with Crippen molar-refractivity contribution in [3.63, 3.8) is 0 Å². The minimum Gasteiger partial charge on any atom is -0.393 e. The van der Waals surface area contributed by atoms with Crippen LogP contribution in [-0.2, 0) is 0 Å². The standard InChI is InChI=1S/C11H20N2O/c14-10-5-9(6-10)13-4-2-11(8-13)1-3-12-7-11/h9-10,12,14H,1-8H2. The number of nitrogens with one attached hydrogen (secondary N) is 1. The van der Waals surface area contributed by atoms with Crippen molar-refractivity contribution in [2.75, 3.05) is 26.2 Å². The minimum absolute atomic E-state index is 0.00162. The van der Waals surface area contributed by atoms with Crippen LogP contribution in [0.3, 0.4) is 0 Å². The highest BCUT2D eigenvalue weighted by molar-refractivity contribution is 4.99. The van der Waals surface area contributed by atoms with Crippen molar-refractivity contribution in [2.24, 2.45) is 5.41 Å².